The minimum absolute atomic E-state index is 0.159. The van der Waals surface area contributed by atoms with Gasteiger partial charge in [0.25, 0.3) is 11.8 Å². The molecule has 5 heteroatoms. The van der Waals surface area contributed by atoms with Crippen molar-refractivity contribution in [1.29, 1.82) is 0 Å². The zero-order valence-electron chi connectivity index (χ0n) is 15.1. The lowest BCUT2D eigenvalue weighted by molar-refractivity contribution is 0.0915. The molecular weight excluding hydrogens is 316 g/mol. The van der Waals surface area contributed by atoms with Gasteiger partial charge in [-0.15, -0.1) is 0 Å². The summed E-state index contributed by atoms with van der Waals surface area (Å²) in [7, 11) is 1.60. The molecule has 132 valence electrons. The summed E-state index contributed by atoms with van der Waals surface area (Å²) in [5, 5.41) is 5.75. The van der Waals surface area contributed by atoms with Crippen molar-refractivity contribution in [1.82, 2.24) is 10.6 Å². The Morgan fingerprint density at radius 2 is 1.48 bits per heavy atom. The fourth-order valence-electron chi connectivity index (χ4n) is 2.31. The highest BCUT2D eigenvalue weighted by Gasteiger charge is 2.15. The van der Waals surface area contributed by atoms with Crippen LogP contribution in [0.15, 0.2) is 48.5 Å². The normalized spacial score (nSPS) is 10.9. The largest absolute Gasteiger partial charge is 0.496 e. The van der Waals surface area contributed by atoms with E-state index in [-0.39, 0.29) is 17.4 Å². The SMILES string of the molecule is COc1ccccc1CNC(=O)c1ccc(C(=O)NC(C)(C)C)cc1. The number of hydrogen-bond donors (Lipinski definition) is 2. The molecule has 2 aromatic carbocycles. The van der Waals surface area contributed by atoms with Crippen LogP contribution in [0.2, 0.25) is 0 Å². The molecule has 0 atom stereocenters. The molecule has 5 nitrogen and oxygen atoms in total. The van der Waals surface area contributed by atoms with Gasteiger partial charge >= 0.3 is 0 Å². The molecule has 0 aliphatic heterocycles. The highest BCUT2D eigenvalue weighted by Crippen LogP contribution is 2.17. The van der Waals surface area contributed by atoms with Gasteiger partial charge in [-0.1, -0.05) is 18.2 Å². The Labute approximate surface area is 148 Å². The van der Waals surface area contributed by atoms with Gasteiger partial charge in [0.2, 0.25) is 0 Å². The molecule has 0 radical (unpaired) electrons. The van der Waals surface area contributed by atoms with Crippen molar-refractivity contribution in [3.63, 3.8) is 0 Å². The number of amides is 2. The van der Waals surface area contributed by atoms with Crippen LogP contribution in [0.1, 0.15) is 47.1 Å². The summed E-state index contributed by atoms with van der Waals surface area (Å²) < 4.78 is 5.27. The van der Waals surface area contributed by atoms with Crippen molar-refractivity contribution in [3.05, 3.63) is 65.2 Å². The molecule has 0 aliphatic carbocycles. The Balaban J connectivity index is 1.99. The second-order valence-corrected chi connectivity index (χ2v) is 6.78. The molecule has 2 N–H and O–H groups in total. The quantitative estimate of drug-likeness (QED) is 0.878. The fraction of sp³-hybridized carbons (Fsp3) is 0.300. The number of benzene rings is 2. The van der Waals surface area contributed by atoms with Gasteiger partial charge in [0, 0.05) is 28.8 Å². The number of hydrogen-bond acceptors (Lipinski definition) is 3. The van der Waals surface area contributed by atoms with Gasteiger partial charge in [-0.25, -0.2) is 0 Å². The van der Waals surface area contributed by atoms with Gasteiger partial charge in [0.1, 0.15) is 5.75 Å². The van der Waals surface area contributed by atoms with Crippen LogP contribution in [-0.4, -0.2) is 24.5 Å². The summed E-state index contributed by atoms with van der Waals surface area (Å²) in [5.41, 5.74) is 1.62. The lowest BCUT2D eigenvalue weighted by Gasteiger charge is -2.20. The average molecular weight is 340 g/mol. The molecule has 0 saturated carbocycles. The first-order valence-electron chi connectivity index (χ1n) is 8.13. The number of rotatable bonds is 5. The van der Waals surface area contributed by atoms with Crippen LogP contribution in [0.25, 0.3) is 0 Å². The first-order chi connectivity index (χ1) is 11.8. The Morgan fingerprint density at radius 1 is 0.920 bits per heavy atom. The zero-order valence-corrected chi connectivity index (χ0v) is 15.1. The standard InChI is InChI=1S/C20H24N2O3/c1-20(2,3)22-19(24)15-11-9-14(10-12-15)18(23)21-13-16-7-5-6-8-17(16)25-4/h5-12H,13H2,1-4H3,(H,21,23)(H,22,24). The van der Waals surface area contributed by atoms with Crippen LogP contribution in [0.4, 0.5) is 0 Å². The maximum Gasteiger partial charge on any atom is 0.251 e. The number of carbonyl (C=O) groups is 2. The van der Waals surface area contributed by atoms with Gasteiger partial charge in [0.05, 0.1) is 7.11 Å². The molecular formula is C20H24N2O3. The molecule has 25 heavy (non-hydrogen) atoms. The summed E-state index contributed by atoms with van der Waals surface area (Å²) in [6.45, 7) is 6.13. The third-order valence-corrected chi connectivity index (χ3v) is 3.53. The van der Waals surface area contributed by atoms with Crippen LogP contribution in [0.3, 0.4) is 0 Å². The van der Waals surface area contributed by atoms with E-state index in [0.29, 0.717) is 17.7 Å². The minimum atomic E-state index is -0.304. The molecule has 0 unspecified atom stereocenters. The van der Waals surface area contributed by atoms with Crippen molar-refractivity contribution in [3.8, 4) is 5.75 Å². The second kappa shape index (κ2) is 7.83. The molecule has 2 amide bonds. The van der Waals surface area contributed by atoms with E-state index in [1.54, 1.807) is 31.4 Å². The number of carbonyl (C=O) groups excluding carboxylic acids is 2. The first-order valence-corrected chi connectivity index (χ1v) is 8.13. The van der Waals surface area contributed by atoms with E-state index < -0.39 is 0 Å². The van der Waals surface area contributed by atoms with Crippen LogP contribution in [0, 0.1) is 0 Å². The monoisotopic (exact) mass is 340 g/mol. The maximum atomic E-state index is 12.3. The van der Waals surface area contributed by atoms with Crippen molar-refractivity contribution in [2.24, 2.45) is 0 Å². The number of methoxy groups -OCH3 is 1. The van der Waals surface area contributed by atoms with E-state index >= 15 is 0 Å². The highest BCUT2D eigenvalue weighted by molar-refractivity contribution is 5.98. The fourth-order valence-corrected chi connectivity index (χ4v) is 2.31. The molecule has 0 bridgehead atoms. The van der Waals surface area contributed by atoms with Crippen molar-refractivity contribution >= 4 is 11.8 Å². The minimum Gasteiger partial charge on any atom is -0.496 e. The molecule has 2 rings (SSSR count). The Morgan fingerprint density at radius 3 is 2.04 bits per heavy atom. The zero-order chi connectivity index (χ0) is 18.4. The van der Waals surface area contributed by atoms with Gasteiger partial charge in [-0.05, 0) is 51.1 Å². The predicted octanol–water partition coefficient (Wildman–Crippen LogP) is 3.15. The van der Waals surface area contributed by atoms with Crippen molar-refractivity contribution < 1.29 is 14.3 Å². The van der Waals surface area contributed by atoms with Crippen molar-refractivity contribution in [2.75, 3.05) is 7.11 Å². The topological polar surface area (TPSA) is 67.4 Å². The summed E-state index contributed by atoms with van der Waals surface area (Å²) in [6.07, 6.45) is 0. The highest BCUT2D eigenvalue weighted by atomic mass is 16.5. The predicted molar refractivity (Wildman–Crippen MR) is 97.8 cm³/mol. The third-order valence-electron chi connectivity index (χ3n) is 3.53. The van der Waals surface area contributed by atoms with Crippen LogP contribution in [-0.2, 0) is 6.54 Å². The van der Waals surface area contributed by atoms with Crippen LogP contribution < -0.4 is 15.4 Å². The molecule has 0 aromatic heterocycles. The number of nitrogens with one attached hydrogen (secondary N) is 2. The van der Waals surface area contributed by atoms with E-state index in [1.807, 2.05) is 45.0 Å². The smallest absolute Gasteiger partial charge is 0.251 e. The van der Waals surface area contributed by atoms with Crippen LogP contribution in [0.5, 0.6) is 5.75 Å². The lowest BCUT2D eigenvalue weighted by Crippen LogP contribution is -2.40. The van der Waals surface area contributed by atoms with Gasteiger partial charge in [-0.3, -0.25) is 9.59 Å². The Kier molecular flexibility index (Phi) is 5.80. The van der Waals surface area contributed by atoms with Gasteiger partial charge in [-0.2, -0.15) is 0 Å². The first kappa shape index (κ1) is 18.5. The van der Waals surface area contributed by atoms with Gasteiger partial charge < -0.3 is 15.4 Å². The lowest BCUT2D eigenvalue weighted by atomic mass is 10.1. The average Bonchev–Trinajstić information content (AvgIpc) is 2.58. The summed E-state index contributed by atoms with van der Waals surface area (Å²) >= 11 is 0. The molecule has 0 spiro atoms. The summed E-state index contributed by atoms with van der Waals surface area (Å²) in [6, 6.07) is 14.1. The molecule has 0 heterocycles. The Bertz CT molecular complexity index is 746. The van der Waals surface area contributed by atoms with Crippen LogP contribution >= 0.6 is 0 Å². The third kappa shape index (κ3) is 5.35. The van der Waals surface area contributed by atoms with E-state index in [9.17, 15) is 9.59 Å². The van der Waals surface area contributed by atoms with E-state index in [1.165, 1.54) is 0 Å². The molecule has 0 saturated heterocycles. The summed E-state index contributed by atoms with van der Waals surface area (Å²) in [4.78, 5) is 24.4. The molecule has 2 aromatic rings. The van der Waals surface area contributed by atoms with E-state index in [0.717, 1.165) is 11.3 Å². The molecule has 0 aliphatic rings. The van der Waals surface area contributed by atoms with E-state index in [2.05, 4.69) is 10.6 Å². The second-order valence-electron chi connectivity index (χ2n) is 6.78. The molecule has 0 fully saturated rings. The van der Waals surface area contributed by atoms with Crippen molar-refractivity contribution in [2.45, 2.75) is 32.9 Å². The maximum absolute atomic E-state index is 12.3. The number of ether oxygens (including phenoxy) is 1. The number of para-hydroxylation sites is 1. The Hall–Kier alpha value is -2.82. The van der Waals surface area contributed by atoms with Gasteiger partial charge in [0.15, 0.2) is 0 Å². The van der Waals surface area contributed by atoms with E-state index in [4.69, 9.17) is 4.74 Å². The summed E-state index contributed by atoms with van der Waals surface area (Å²) in [5.74, 6) is 0.374.